The number of para-hydroxylation sites is 1. The molecule has 3 aromatic carbocycles. The van der Waals surface area contributed by atoms with E-state index >= 15 is 0 Å². The lowest BCUT2D eigenvalue weighted by Gasteiger charge is -2.35. The van der Waals surface area contributed by atoms with Crippen molar-refractivity contribution in [3.63, 3.8) is 0 Å². The lowest BCUT2D eigenvalue weighted by Crippen LogP contribution is -2.37. The molecule has 5 rings (SSSR count). The van der Waals surface area contributed by atoms with Crippen molar-refractivity contribution in [1.29, 1.82) is 0 Å². The number of anilines is 3. The first-order chi connectivity index (χ1) is 19.0. The third-order valence-electron chi connectivity index (χ3n) is 7.46. The van der Waals surface area contributed by atoms with E-state index in [1.165, 1.54) is 5.56 Å². The van der Waals surface area contributed by atoms with Crippen molar-refractivity contribution >= 4 is 44.9 Å². The van der Waals surface area contributed by atoms with Crippen LogP contribution in [0.1, 0.15) is 41.6 Å². The van der Waals surface area contributed by atoms with Gasteiger partial charge in [-0.1, -0.05) is 42.5 Å². The van der Waals surface area contributed by atoms with Crippen LogP contribution in [-0.2, 0) is 11.2 Å². The summed E-state index contributed by atoms with van der Waals surface area (Å²) in [5.74, 6) is 0.476. The largest absolute Gasteiger partial charge is 0.376 e. The molecule has 2 heterocycles. The summed E-state index contributed by atoms with van der Waals surface area (Å²) >= 11 is 3.45. The van der Waals surface area contributed by atoms with Gasteiger partial charge in [0.05, 0.1) is 17.4 Å². The van der Waals surface area contributed by atoms with Gasteiger partial charge >= 0.3 is 6.03 Å². The number of halogens is 1. The molecule has 0 unspecified atom stereocenters. The SMILES string of the molecule is O=C(Nc1ccc(N2CCC(Cc3ccccc3)CC2)c(C(=O)NC[C@@H]2CCCO2)c1)Nc1ccccc1Br. The minimum atomic E-state index is -0.373. The van der Waals surface area contributed by atoms with Crippen LogP contribution in [0.4, 0.5) is 21.9 Å². The van der Waals surface area contributed by atoms with Gasteiger partial charge in [0, 0.05) is 42.1 Å². The molecule has 8 heteroatoms. The highest BCUT2D eigenvalue weighted by Crippen LogP contribution is 2.30. The van der Waals surface area contributed by atoms with Crippen LogP contribution in [0.15, 0.2) is 77.3 Å². The van der Waals surface area contributed by atoms with E-state index in [1.807, 2.05) is 36.4 Å². The monoisotopic (exact) mass is 590 g/mol. The molecule has 204 valence electrons. The Kier molecular flexibility index (Phi) is 9.16. The number of nitrogens with zero attached hydrogens (tertiary/aromatic N) is 1. The summed E-state index contributed by atoms with van der Waals surface area (Å²) in [6, 6.07) is 23.3. The number of ether oxygens (including phenoxy) is 1. The first-order valence-corrected chi connectivity index (χ1v) is 14.5. The van der Waals surface area contributed by atoms with Crippen molar-refractivity contribution in [2.75, 3.05) is 41.8 Å². The van der Waals surface area contributed by atoms with E-state index in [1.54, 1.807) is 6.07 Å². The van der Waals surface area contributed by atoms with Gasteiger partial charge in [-0.05, 0) is 89.8 Å². The topological polar surface area (TPSA) is 82.7 Å². The molecule has 0 aliphatic carbocycles. The molecule has 0 saturated carbocycles. The van der Waals surface area contributed by atoms with Crippen LogP contribution >= 0.6 is 15.9 Å². The van der Waals surface area contributed by atoms with Gasteiger partial charge < -0.3 is 25.6 Å². The number of piperidine rings is 1. The lowest BCUT2D eigenvalue weighted by atomic mass is 9.89. The van der Waals surface area contributed by atoms with Crippen LogP contribution in [0.5, 0.6) is 0 Å². The second kappa shape index (κ2) is 13.1. The third-order valence-corrected chi connectivity index (χ3v) is 8.15. The number of hydrogen-bond donors (Lipinski definition) is 3. The van der Waals surface area contributed by atoms with E-state index in [4.69, 9.17) is 4.74 Å². The molecular formula is C31H35BrN4O3. The Morgan fingerprint density at radius 3 is 2.44 bits per heavy atom. The molecular weight excluding hydrogens is 556 g/mol. The number of hydrogen-bond acceptors (Lipinski definition) is 4. The Morgan fingerprint density at radius 2 is 1.69 bits per heavy atom. The van der Waals surface area contributed by atoms with Gasteiger partial charge in [-0.2, -0.15) is 0 Å². The van der Waals surface area contributed by atoms with Crippen molar-refractivity contribution in [3.05, 3.63) is 88.4 Å². The summed E-state index contributed by atoms with van der Waals surface area (Å²) < 4.78 is 6.49. The molecule has 0 bridgehead atoms. The van der Waals surface area contributed by atoms with Crippen LogP contribution in [0.25, 0.3) is 0 Å². The fourth-order valence-corrected chi connectivity index (χ4v) is 5.74. The summed E-state index contributed by atoms with van der Waals surface area (Å²) in [6.07, 6.45) is 5.26. The maximum Gasteiger partial charge on any atom is 0.323 e. The zero-order chi connectivity index (χ0) is 27.0. The molecule has 0 spiro atoms. The highest BCUT2D eigenvalue weighted by atomic mass is 79.9. The Bertz CT molecular complexity index is 1270. The van der Waals surface area contributed by atoms with Gasteiger partial charge in [-0.15, -0.1) is 0 Å². The molecule has 2 aliphatic rings. The highest BCUT2D eigenvalue weighted by Gasteiger charge is 2.25. The lowest BCUT2D eigenvalue weighted by molar-refractivity contribution is 0.0858. The van der Waals surface area contributed by atoms with Crippen molar-refractivity contribution in [1.82, 2.24) is 5.32 Å². The number of benzene rings is 3. The van der Waals surface area contributed by atoms with E-state index in [-0.39, 0.29) is 18.0 Å². The first kappa shape index (κ1) is 27.2. The van der Waals surface area contributed by atoms with Gasteiger partial charge in [0.15, 0.2) is 0 Å². The molecule has 2 saturated heterocycles. The Morgan fingerprint density at radius 1 is 0.923 bits per heavy atom. The van der Waals surface area contributed by atoms with E-state index in [9.17, 15) is 9.59 Å². The van der Waals surface area contributed by atoms with Crippen molar-refractivity contribution in [2.45, 2.75) is 38.2 Å². The number of carbonyl (C=O) groups is 2. The van der Waals surface area contributed by atoms with Crippen LogP contribution in [0.3, 0.4) is 0 Å². The standard InChI is InChI=1S/C31H35BrN4O3/c32-27-10-4-5-11-28(27)35-31(38)34-24-12-13-29(26(20-24)30(37)33-21-25-9-6-18-39-25)36-16-14-23(15-17-36)19-22-7-2-1-3-8-22/h1-5,7-8,10-13,20,23,25H,6,9,14-19,21H2,(H,33,37)(H2,34,35,38)/t25-/m0/s1. The second-order valence-electron chi connectivity index (χ2n) is 10.3. The maximum atomic E-state index is 13.4. The van der Waals surface area contributed by atoms with Gasteiger partial charge in [-0.3, -0.25) is 4.79 Å². The molecule has 0 radical (unpaired) electrons. The van der Waals surface area contributed by atoms with Gasteiger partial charge in [0.1, 0.15) is 0 Å². The second-order valence-corrected chi connectivity index (χ2v) is 11.1. The number of amides is 3. The molecule has 7 nitrogen and oxygen atoms in total. The zero-order valence-electron chi connectivity index (χ0n) is 22.0. The predicted octanol–water partition coefficient (Wildman–Crippen LogP) is 6.46. The van der Waals surface area contributed by atoms with Crippen LogP contribution in [0, 0.1) is 5.92 Å². The average molecular weight is 592 g/mol. The summed E-state index contributed by atoms with van der Waals surface area (Å²) in [4.78, 5) is 28.4. The zero-order valence-corrected chi connectivity index (χ0v) is 23.6. The smallest absolute Gasteiger partial charge is 0.323 e. The van der Waals surface area contributed by atoms with Crippen LogP contribution in [-0.4, -0.2) is 44.3 Å². The summed E-state index contributed by atoms with van der Waals surface area (Å²) in [7, 11) is 0. The van der Waals surface area contributed by atoms with Gasteiger partial charge in [-0.25, -0.2) is 4.79 Å². The molecule has 3 amide bonds. The van der Waals surface area contributed by atoms with Crippen LogP contribution in [0.2, 0.25) is 0 Å². The number of nitrogens with one attached hydrogen (secondary N) is 3. The Labute approximate surface area is 238 Å². The molecule has 2 aliphatic heterocycles. The fraction of sp³-hybridized carbons (Fsp3) is 0.355. The predicted molar refractivity (Wildman–Crippen MR) is 160 cm³/mol. The van der Waals surface area contributed by atoms with Gasteiger partial charge in [0.25, 0.3) is 5.91 Å². The summed E-state index contributed by atoms with van der Waals surface area (Å²) in [5, 5.41) is 8.79. The van der Waals surface area contributed by atoms with E-state index in [0.717, 1.165) is 62.0 Å². The van der Waals surface area contributed by atoms with Crippen molar-refractivity contribution < 1.29 is 14.3 Å². The summed E-state index contributed by atoms with van der Waals surface area (Å²) in [6.45, 7) is 3.00. The molecule has 3 aromatic rings. The quantitative estimate of drug-likeness (QED) is 0.281. The molecule has 1 atom stereocenters. The van der Waals surface area contributed by atoms with Crippen molar-refractivity contribution in [2.24, 2.45) is 5.92 Å². The average Bonchev–Trinajstić information content (AvgIpc) is 3.48. The van der Waals surface area contributed by atoms with E-state index in [0.29, 0.717) is 29.4 Å². The number of rotatable bonds is 8. The normalized spacial score (nSPS) is 17.6. The number of urea groups is 1. The minimum absolute atomic E-state index is 0.0579. The van der Waals surface area contributed by atoms with Gasteiger partial charge in [0.2, 0.25) is 0 Å². The third kappa shape index (κ3) is 7.40. The molecule has 0 aromatic heterocycles. The van der Waals surface area contributed by atoms with E-state index < -0.39 is 0 Å². The molecule has 2 fully saturated rings. The van der Waals surface area contributed by atoms with Crippen molar-refractivity contribution in [3.8, 4) is 0 Å². The highest BCUT2D eigenvalue weighted by molar-refractivity contribution is 9.10. The van der Waals surface area contributed by atoms with E-state index in [2.05, 4.69) is 67.1 Å². The maximum absolute atomic E-state index is 13.4. The fourth-order valence-electron chi connectivity index (χ4n) is 5.35. The number of carbonyl (C=O) groups excluding carboxylic acids is 2. The Hall–Kier alpha value is -3.36. The van der Waals surface area contributed by atoms with Crippen LogP contribution < -0.4 is 20.9 Å². The minimum Gasteiger partial charge on any atom is -0.376 e. The Balaban J connectivity index is 1.28. The first-order valence-electron chi connectivity index (χ1n) is 13.7. The summed E-state index contributed by atoms with van der Waals surface area (Å²) in [5.41, 5.74) is 4.06. The molecule has 39 heavy (non-hydrogen) atoms. The molecule has 3 N–H and O–H groups in total.